The van der Waals surface area contributed by atoms with Gasteiger partial charge in [-0.2, -0.15) is 0 Å². The predicted octanol–water partition coefficient (Wildman–Crippen LogP) is 2.89. The zero-order chi connectivity index (χ0) is 16.1. The van der Waals surface area contributed by atoms with Crippen LogP contribution in [-0.2, 0) is 11.8 Å². The number of amides is 1. The topological polar surface area (TPSA) is 68.0 Å². The van der Waals surface area contributed by atoms with E-state index in [9.17, 15) is 4.79 Å². The summed E-state index contributed by atoms with van der Waals surface area (Å²) in [7, 11) is 0. The van der Waals surface area contributed by atoms with Crippen LogP contribution in [0.1, 0.15) is 46.7 Å². The molecule has 3 N–H and O–H groups in total. The van der Waals surface area contributed by atoms with Crippen LogP contribution >= 0.6 is 11.3 Å². The highest BCUT2D eigenvalue weighted by Gasteiger charge is 2.35. The number of carbonyl (C=O) groups excluding carboxylic acids is 1. The van der Waals surface area contributed by atoms with E-state index in [1.54, 1.807) is 0 Å². The maximum absolute atomic E-state index is 12.4. The lowest BCUT2D eigenvalue weighted by Gasteiger charge is -2.29. The first-order valence-electron chi connectivity index (χ1n) is 8.22. The maximum atomic E-state index is 12.4. The lowest BCUT2D eigenvalue weighted by atomic mass is 9.79. The Morgan fingerprint density at radius 2 is 2.00 bits per heavy atom. The van der Waals surface area contributed by atoms with Crippen molar-refractivity contribution >= 4 is 17.2 Å². The highest BCUT2D eigenvalue weighted by molar-refractivity contribution is 7.09. The summed E-state index contributed by atoms with van der Waals surface area (Å²) in [6, 6.07) is 10.6. The normalized spacial score (nSPS) is 16.4. The fourth-order valence-electron chi connectivity index (χ4n) is 3.40. The van der Waals surface area contributed by atoms with E-state index in [0.29, 0.717) is 18.8 Å². The molecule has 3 rings (SSSR count). The van der Waals surface area contributed by atoms with Gasteiger partial charge in [0.05, 0.1) is 5.01 Å². The summed E-state index contributed by atoms with van der Waals surface area (Å²) in [5, 5.41) is 5.86. The highest BCUT2D eigenvalue weighted by Crippen LogP contribution is 2.40. The van der Waals surface area contributed by atoms with Crippen molar-refractivity contribution in [1.29, 1.82) is 0 Å². The van der Waals surface area contributed by atoms with E-state index in [1.807, 2.05) is 11.4 Å². The molecule has 4 nitrogen and oxygen atoms in total. The maximum Gasteiger partial charge on any atom is 0.270 e. The van der Waals surface area contributed by atoms with Crippen LogP contribution in [0.3, 0.4) is 0 Å². The van der Waals surface area contributed by atoms with Gasteiger partial charge in [-0.05, 0) is 24.9 Å². The van der Waals surface area contributed by atoms with Crippen LogP contribution in [0.5, 0.6) is 0 Å². The summed E-state index contributed by atoms with van der Waals surface area (Å²) in [5.74, 6) is -0.0771. The minimum Gasteiger partial charge on any atom is -0.350 e. The van der Waals surface area contributed by atoms with Crippen molar-refractivity contribution in [2.24, 2.45) is 5.73 Å². The molecule has 1 aliphatic rings. The van der Waals surface area contributed by atoms with Crippen molar-refractivity contribution in [3.63, 3.8) is 0 Å². The van der Waals surface area contributed by atoms with Gasteiger partial charge in [0.2, 0.25) is 0 Å². The second-order valence-corrected chi connectivity index (χ2v) is 7.14. The van der Waals surface area contributed by atoms with Crippen LogP contribution in [0.25, 0.3) is 0 Å². The number of aromatic nitrogens is 1. The summed E-state index contributed by atoms with van der Waals surface area (Å²) in [5.41, 5.74) is 7.46. The third kappa shape index (κ3) is 3.62. The molecule has 1 aromatic heterocycles. The van der Waals surface area contributed by atoms with Crippen molar-refractivity contribution in [2.45, 2.75) is 37.5 Å². The number of nitrogens with two attached hydrogens (primary N) is 1. The van der Waals surface area contributed by atoms with E-state index < -0.39 is 0 Å². The zero-order valence-electron chi connectivity index (χ0n) is 13.3. The summed E-state index contributed by atoms with van der Waals surface area (Å²) >= 11 is 1.50. The second-order valence-electron chi connectivity index (χ2n) is 6.20. The lowest BCUT2D eigenvalue weighted by Crippen LogP contribution is -2.39. The van der Waals surface area contributed by atoms with Gasteiger partial charge < -0.3 is 11.1 Å². The van der Waals surface area contributed by atoms with E-state index in [1.165, 1.54) is 29.7 Å². The Bertz CT molecular complexity index is 647. The Morgan fingerprint density at radius 1 is 1.26 bits per heavy atom. The Balaban J connectivity index is 1.68. The minimum atomic E-state index is -0.0771. The van der Waals surface area contributed by atoms with E-state index in [2.05, 4.69) is 34.6 Å². The number of nitrogens with one attached hydrogen (secondary N) is 1. The van der Waals surface area contributed by atoms with Crippen LogP contribution in [0.2, 0.25) is 0 Å². The van der Waals surface area contributed by atoms with E-state index in [4.69, 9.17) is 5.73 Å². The molecule has 1 heterocycles. The molecule has 0 aliphatic heterocycles. The molecule has 1 aromatic carbocycles. The van der Waals surface area contributed by atoms with Gasteiger partial charge in [0.25, 0.3) is 5.91 Å². The minimum absolute atomic E-state index is 0.0764. The first-order valence-corrected chi connectivity index (χ1v) is 9.10. The molecule has 0 unspecified atom stereocenters. The summed E-state index contributed by atoms with van der Waals surface area (Å²) in [4.78, 5) is 16.8. The van der Waals surface area contributed by atoms with Gasteiger partial charge >= 0.3 is 0 Å². The summed E-state index contributed by atoms with van der Waals surface area (Å²) in [6.45, 7) is 1.24. The van der Waals surface area contributed by atoms with E-state index in [0.717, 1.165) is 24.3 Å². The molecular weight excluding hydrogens is 306 g/mol. The van der Waals surface area contributed by atoms with Crippen LogP contribution < -0.4 is 11.1 Å². The Hall–Kier alpha value is -1.72. The molecule has 1 aliphatic carbocycles. The Kier molecular flexibility index (Phi) is 5.08. The molecule has 0 spiro atoms. The first-order chi connectivity index (χ1) is 11.2. The predicted molar refractivity (Wildman–Crippen MR) is 93.8 cm³/mol. The monoisotopic (exact) mass is 329 g/mol. The number of rotatable bonds is 6. The Morgan fingerprint density at radius 3 is 2.70 bits per heavy atom. The molecule has 0 atom stereocenters. The third-order valence-corrected chi connectivity index (χ3v) is 5.59. The molecular formula is C18H23N3OS. The van der Waals surface area contributed by atoms with Crippen molar-refractivity contribution < 1.29 is 4.79 Å². The summed E-state index contributed by atoms with van der Waals surface area (Å²) < 4.78 is 0. The Labute approximate surface area is 141 Å². The largest absolute Gasteiger partial charge is 0.350 e. The highest BCUT2D eigenvalue weighted by atomic mass is 32.1. The first kappa shape index (κ1) is 16.1. The van der Waals surface area contributed by atoms with Crippen LogP contribution in [0, 0.1) is 0 Å². The van der Waals surface area contributed by atoms with Crippen molar-refractivity contribution in [2.75, 3.05) is 13.1 Å². The van der Waals surface area contributed by atoms with Crippen molar-refractivity contribution in [3.8, 4) is 0 Å². The van der Waals surface area contributed by atoms with Gasteiger partial charge in [-0.3, -0.25) is 4.79 Å². The van der Waals surface area contributed by atoms with Crippen LogP contribution in [-0.4, -0.2) is 24.0 Å². The molecule has 2 aromatic rings. The molecule has 0 radical (unpaired) electrons. The fourth-order valence-corrected chi connectivity index (χ4v) is 4.20. The number of carbonyl (C=O) groups is 1. The van der Waals surface area contributed by atoms with Crippen LogP contribution in [0.15, 0.2) is 35.7 Å². The molecule has 0 saturated heterocycles. The van der Waals surface area contributed by atoms with Gasteiger partial charge in [0.15, 0.2) is 0 Å². The van der Waals surface area contributed by atoms with E-state index >= 15 is 0 Å². The molecule has 0 bridgehead atoms. The number of nitrogens with zero attached hydrogens (tertiary/aromatic N) is 1. The quantitative estimate of drug-likeness (QED) is 0.856. The molecule has 5 heteroatoms. The molecule has 1 saturated carbocycles. The molecule has 1 amide bonds. The molecule has 122 valence electrons. The van der Waals surface area contributed by atoms with Gasteiger partial charge in [0.1, 0.15) is 5.69 Å². The van der Waals surface area contributed by atoms with Crippen LogP contribution in [0.4, 0.5) is 0 Å². The number of benzene rings is 1. The average Bonchev–Trinajstić information content (AvgIpc) is 3.24. The van der Waals surface area contributed by atoms with Gasteiger partial charge in [-0.1, -0.05) is 43.2 Å². The van der Waals surface area contributed by atoms with Gasteiger partial charge in [-0.15, -0.1) is 11.3 Å². The lowest BCUT2D eigenvalue weighted by molar-refractivity contribution is 0.0938. The van der Waals surface area contributed by atoms with Crippen molar-refractivity contribution in [3.05, 3.63) is 52.0 Å². The van der Waals surface area contributed by atoms with Gasteiger partial charge in [-0.25, -0.2) is 4.98 Å². The SMILES string of the molecule is NCCc1nc(C(=O)NCC2(c3ccccc3)CCCC2)cs1. The second kappa shape index (κ2) is 7.23. The van der Waals surface area contributed by atoms with Crippen molar-refractivity contribution in [1.82, 2.24) is 10.3 Å². The smallest absolute Gasteiger partial charge is 0.270 e. The van der Waals surface area contributed by atoms with Gasteiger partial charge in [0, 0.05) is 23.8 Å². The average molecular weight is 329 g/mol. The third-order valence-electron chi connectivity index (χ3n) is 4.68. The molecule has 23 heavy (non-hydrogen) atoms. The zero-order valence-corrected chi connectivity index (χ0v) is 14.1. The van der Waals surface area contributed by atoms with E-state index in [-0.39, 0.29) is 11.3 Å². The number of hydrogen-bond acceptors (Lipinski definition) is 4. The number of hydrogen-bond donors (Lipinski definition) is 2. The fraction of sp³-hybridized carbons (Fsp3) is 0.444. The standard InChI is InChI=1S/C18H23N3OS/c19-11-8-16-21-15(12-23-16)17(22)20-13-18(9-4-5-10-18)14-6-2-1-3-7-14/h1-3,6-7,12H,4-5,8-11,13,19H2,(H,20,22). The number of thiazole rings is 1. The summed E-state index contributed by atoms with van der Waals surface area (Å²) in [6.07, 6.45) is 5.44. The molecule has 1 fully saturated rings.